The molecule has 5 nitrogen and oxygen atoms in total. The van der Waals surface area contributed by atoms with Crippen LogP contribution in [0, 0.1) is 0 Å². The van der Waals surface area contributed by atoms with E-state index in [1.165, 1.54) is 25.3 Å². The van der Waals surface area contributed by atoms with Gasteiger partial charge in [-0.25, -0.2) is 13.1 Å². The summed E-state index contributed by atoms with van der Waals surface area (Å²) in [6, 6.07) is 6.35. The highest BCUT2D eigenvalue weighted by molar-refractivity contribution is 7.89. The van der Waals surface area contributed by atoms with E-state index in [4.69, 9.17) is 0 Å². The van der Waals surface area contributed by atoms with Crippen LogP contribution >= 0.6 is 0 Å². The third-order valence-corrected chi connectivity index (χ3v) is 3.75. The first-order valence-electron chi connectivity index (χ1n) is 5.87. The molecule has 0 aromatic heterocycles. The zero-order chi connectivity index (χ0) is 14.5. The lowest BCUT2D eigenvalue weighted by Crippen LogP contribution is -2.28. The van der Waals surface area contributed by atoms with Gasteiger partial charge in [-0.05, 0) is 44.7 Å². The summed E-state index contributed by atoms with van der Waals surface area (Å²) in [6.45, 7) is 3.76. The van der Waals surface area contributed by atoms with Gasteiger partial charge in [0, 0.05) is 12.1 Å². The summed E-state index contributed by atoms with van der Waals surface area (Å²) in [6.07, 6.45) is 3.05. The maximum Gasteiger partial charge on any atom is 0.244 e. The van der Waals surface area contributed by atoms with Crippen molar-refractivity contribution in [2.24, 2.45) is 0 Å². The van der Waals surface area contributed by atoms with Crippen LogP contribution in [0.5, 0.6) is 0 Å². The molecule has 0 fully saturated rings. The number of carbonyl (C=O) groups is 1. The smallest absolute Gasteiger partial charge is 0.244 e. The predicted molar refractivity (Wildman–Crippen MR) is 75.0 cm³/mol. The summed E-state index contributed by atoms with van der Waals surface area (Å²) in [5, 5.41) is 2.73. The van der Waals surface area contributed by atoms with E-state index in [1.54, 1.807) is 18.2 Å². The number of amides is 1. The molecule has 2 N–H and O–H groups in total. The Kier molecular flexibility index (Phi) is 5.26. The average molecular weight is 282 g/mol. The molecule has 0 saturated carbocycles. The molecular formula is C13H18N2O3S. The minimum absolute atomic E-state index is 0.0836. The number of nitrogens with one attached hydrogen (secondary N) is 2. The predicted octanol–water partition coefficient (Wildman–Crippen LogP) is 1.13. The van der Waals surface area contributed by atoms with E-state index in [0.29, 0.717) is 0 Å². The van der Waals surface area contributed by atoms with Crippen LogP contribution in [0.15, 0.2) is 35.2 Å². The number of rotatable bonds is 5. The summed E-state index contributed by atoms with van der Waals surface area (Å²) >= 11 is 0. The van der Waals surface area contributed by atoms with Gasteiger partial charge in [-0.3, -0.25) is 4.79 Å². The summed E-state index contributed by atoms with van der Waals surface area (Å²) < 4.78 is 25.3. The van der Waals surface area contributed by atoms with Gasteiger partial charge in [0.1, 0.15) is 0 Å². The molecule has 0 saturated heterocycles. The van der Waals surface area contributed by atoms with Crippen molar-refractivity contribution in [2.75, 3.05) is 7.05 Å². The number of sulfonamides is 1. The molecule has 1 amide bonds. The van der Waals surface area contributed by atoms with Crippen molar-refractivity contribution in [3.63, 3.8) is 0 Å². The highest BCUT2D eigenvalue weighted by atomic mass is 32.2. The number of benzene rings is 1. The summed E-state index contributed by atoms with van der Waals surface area (Å²) in [4.78, 5) is 11.6. The highest BCUT2D eigenvalue weighted by Gasteiger charge is 2.09. The lowest BCUT2D eigenvalue weighted by Gasteiger charge is -2.04. The highest BCUT2D eigenvalue weighted by Crippen LogP contribution is 2.11. The lowest BCUT2D eigenvalue weighted by atomic mass is 10.2. The van der Waals surface area contributed by atoms with Gasteiger partial charge in [-0.15, -0.1) is 0 Å². The Hall–Kier alpha value is -1.66. The summed E-state index contributed by atoms with van der Waals surface area (Å²) in [5.74, 6) is -0.179. The van der Waals surface area contributed by atoms with Gasteiger partial charge in [-0.2, -0.15) is 0 Å². The number of hydrogen-bond donors (Lipinski definition) is 2. The first kappa shape index (κ1) is 15.4. The van der Waals surface area contributed by atoms with Crippen molar-refractivity contribution in [1.82, 2.24) is 10.0 Å². The molecule has 6 heteroatoms. The van der Waals surface area contributed by atoms with Crippen LogP contribution < -0.4 is 10.0 Å². The van der Waals surface area contributed by atoms with Gasteiger partial charge in [0.05, 0.1) is 4.90 Å². The second-order valence-electron chi connectivity index (χ2n) is 4.27. The van der Waals surface area contributed by atoms with Gasteiger partial charge < -0.3 is 5.32 Å². The molecule has 0 radical (unpaired) electrons. The van der Waals surface area contributed by atoms with E-state index in [9.17, 15) is 13.2 Å². The van der Waals surface area contributed by atoms with Crippen molar-refractivity contribution in [2.45, 2.75) is 24.8 Å². The second kappa shape index (κ2) is 6.49. The normalized spacial score (nSPS) is 12.0. The van der Waals surface area contributed by atoms with Crippen molar-refractivity contribution in [3.05, 3.63) is 35.9 Å². The largest absolute Gasteiger partial charge is 0.350 e. The fourth-order valence-corrected chi connectivity index (χ4v) is 2.11. The molecule has 0 atom stereocenters. The third kappa shape index (κ3) is 4.84. The van der Waals surface area contributed by atoms with Gasteiger partial charge in [-0.1, -0.05) is 12.1 Å². The van der Waals surface area contributed by atoms with Gasteiger partial charge in [0.15, 0.2) is 0 Å². The molecular weight excluding hydrogens is 264 g/mol. The van der Waals surface area contributed by atoms with Crippen molar-refractivity contribution in [3.8, 4) is 0 Å². The fraction of sp³-hybridized carbons (Fsp3) is 0.308. The van der Waals surface area contributed by atoms with Gasteiger partial charge >= 0.3 is 0 Å². The molecule has 1 rings (SSSR count). The van der Waals surface area contributed by atoms with Crippen LogP contribution in [0.3, 0.4) is 0 Å². The molecule has 0 aliphatic rings. The molecule has 0 aliphatic heterocycles. The maximum absolute atomic E-state index is 11.5. The maximum atomic E-state index is 11.5. The molecule has 1 aromatic rings. The molecule has 0 heterocycles. The third-order valence-electron chi connectivity index (χ3n) is 2.32. The Morgan fingerprint density at radius 3 is 2.26 bits per heavy atom. The monoisotopic (exact) mass is 282 g/mol. The van der Waals surface area contributed by atoms with Crippen LogP contribution in [0.2, 0.25) is 0 Å². The van der Waals surface area contributed by atoms with Crippen LogP contribution in [-0.4, -0.2) is 27.4 Å². The molecule has 1 aromatic carbocycles. The molecule has 19 heavy (non-hydrogen) atoms. The molecule has 0 spiro atoms. The number of hydrogen-bond acceptors (Lipinski definition) is 3. The van der Waals surface area contributed by atoms with Crippen molar-refractivity contribution in [1.29, 1.82) is 0 Å². The van der Waals surface area contributed by atoms with Gasteiger partial charge in [0.2, 0.25) is 15.9 Å². The Balaban J connectivity index is 2.78. The fourth-order valence-electron chi connectivity index (χ4n) is 1.38. The summed E-state index contributed by atoms with van der Waals surface area (Å²) in [5.41, 5.74) is 0.758. The van der Waals surface area contributed by atoms with Gasteiger partial charge in [0.25, 0.3) is 0 Å². The van der Waals surface area contributed by atoms with Crippen molar-refractivity contribution >= 4 is 22.0 Å². The van der Waals surface area contributed by atoms with Crippen molar-refractivity contribution < 1.29 is 13.2 Å². The molecule has 0 aliphatic carbocycles. The molecule has 0 bridgehead atoms. The van der Waals surface area contributed by atoms with E-state index >= 15 is 0 Å². The van der Waals surface area contributed by atoms with Crippen LogP contribution in [0.1, 0.15) is 19.4 Å². The number of carbonyl (C=O) groups excluding carboxylic acids is 1. The second-order valence-corrected chi connectivity index (χ2v) is 6.16. The minimum atomic E-state index is -3.42. The zero-order valence-electron chi connectivity index (χ0n) is 11.2. The Labute approximate surface area is 113 Å². The molecule has 0 unspecified atom stereocenters. The standard InChI is InChI=1S/C13H18N2O3S/c1-10(2)15-13(16)9-6-11-4-7-12(8-5-11)19(17,18)14-3/h4-10,14H,1-3H3,(H,15,16)/b9-6+. The van der Waals surface area contributed by atoms with E-state index in [2.05, 4.69) is 10.0 Å². The van der Waals surface area contributed by atoms with E-state index in [1.807, 2.05) is 13.8 Å². The first-order valence-corrected chi connectivity index (χ1v) is 7.35. The average Bonchev–Trinajstić information content (AvgIpc) is 2.36. The molecule has 104 valence electrons. The lowest BCUT2D eigenvalue weighted by molar-refractivity contribution is -0.116. The Bertz CT molecular complexity index is 560. The SMILES string of the molecule is CNS(=O)(=O)c1ccc(/C=C/C(=O)NC(C)C)cc1. The summed E-state index contributed by atoms with van der Waals surface area (Å²) in [7, 11) is -2.05. The van der Waals surface area contributed by atoms with Crippen LogP contribution in [-0.2, 0) is 14.8 Å². The Morgan fingerprint density at radius 1 is 1.21 bits per heavy atom. The minimum Gasteiger partial charge on any atom is -0.350 e. The van der Waals surface area contributed by atoms with Crippen LogP contribution in [0.4, 0.5) is 0 Å². The van der Waals surface area contributed by atoms with Crippen LogP contribution in [0.25, 0.3) is 6.08 Å². The quantitative estimate of drug-likeness (QED) is 0.795. The topological polar surface area (TPSA) is 75.3 Å². The van der Waals surface area contributed by atoms with E-state index < -0.39 is 10.0 Å². The van der Waals surface area contributed by atoms with E-state index in [0.717, 1.165) is 5.56 Å². The Morgan fingerprint density at radius 2 is 1.79 bits per heavy atom. The zero-order valence-corrected chi connectivity index (χ0v) is 12.0. The first-order chi connectivity index (χ1) is 8.85. The van der Waals surface area contributed by atoms with E-state index in [-0.39, 0.29) is 16.8 Å².